The number of amides is 1. The topological polar surface area (TPSA) is 35.6 Å². The number of benzene rings is 1. The van der Waals surface area contributed by atoms with Gasteiger partial charge in [0.05, 0.1) is 0 Å². The standard InChI is InChI=1S/C20H33N3O/c1-15-7-8-18(16(2)13-15)21-19(24)10-11-22(5)14-17-9-12-23(6)20(17,3)4/h7-8,13,17H,9-12,14H2,1-6H3,(H,21,24)/t17-/m1/s1. The van der Waals surface area contributed by atoms with E-state index in [1.807, 2.05) is 19.1 Å². The molecular weight excluding hydrogens is 298 g/mol. The van der Waals surface area contributed by atoms with E-state index in [1.165, 1.54) is 18.5 Å². The second kappa shape index (κ2) is 7.66. The summed E-state index contributed by atoms with van der Waals surface area (Å²) >= 11 is 0. The van der Waals surface area contributed by atoms with Crippen LogP contribution in [0.3, 0.4) is 0 Å². The first-order valence-electron chi connectivity index (χ1n) is 8.97. The van der Waals surface area contributed by atoms with Gasteiger partial charge in [0.25, 0.3) is 0 Å². The average molecular weight is 332 g/mol. The zero-order chi connectivity index (χ0) is 17.9. The molecule has 0 aromatic heterocycles. The van der Waals surface area contributed by atoms with Gasteiger partial charge >= 0.3 is 0 Å². The SMILES string of the molecule is Cc1ccc(NC(=O)CCN(C)C[C@H]2CCN(C)C2(C)C)c(C)c1. The fraction of sp³-hybridized carbons (Fsp3) is 0.650. The van der Waals surface area contributed by atoms with Crippen LogP contribution < -0.4 is 5.32 Å². The molecule has 1 aromatic rings. The van der Waals surface area contributed by atoms with Gasteiger partial charge < -0.3 is 15.1 Å². The van der Waals surface area contributed by atoms with E-state index in [0.717, 1.165) is 24.3 Å². The van der Waals surface area contributed by atoms with Crippen LogP contribution in [0.1, 0.15) is 37.8 Å². The number of carbonyl (C=O) groups is 1. The highest BCUT2D eigenvalue weighted by Gasteiger charge is 2.39. The molecule has 1 N–H and O–H groups in total. The molecule has 24 heavy (non-hydrogen) atoms. The summed E-state index contributed by atoms with van der Waals surface area (Å²) in [5, 5.41) is 3.04. The molecule has 1 saturated heterocycles. The molecule has 1 aromatic carbocycles. The highest BCUT2D eigenvalue weighted by Crippen LogP contribution is 2.33. The number of nitrogens with zero attached hydrogens (tertiary/aromatic N) is 2. The van der Waals surface area contributed by atoms with E-state index in [4.69, 9.17) is 0 Å². The summed E-state index contributed by atoms with van der Waals surface area (Å²) < 4.78 is 0. The Morgan fingerprint density at radius 2 is 2.08 bits per heavy atom. The first kappa shape index (κ1) is 18.9. The summed E-state index contributed by atoms with van der Waals surface area (Å²) in [5.74, 6) is 0.756. The molecule has 0 saturated carbocycles. The van der Waals surface area contributed by atoms with Gasteiger partial charge in [-0.25, -0.2) is 0 Å². The average Bonchev–Trinajstić information content (AvgIpc) is 2.75. The third-order valence-corrected chi connectivity index (χ3v) is 5.70. The summed E-state index contributed by atoms with van der Waals surface area (Å²) in [7, 11) is 4.33. The molecule has 1 atom stereocenters. The number of hydrogen-bond donors (Lipinski definition) is 1. The third kappa shape index (κ3) is 4.58. The van der Waals surface area contributed by atoms with Crippen molar-refractivity contribution in [3.05, 3.63) is 29.3 Å². The Labute approximate surface area is 147 Å². The molecule has 0 spiro atoms. The van der Waals surface area contributed by atoms with Crippen LogP contribution in [0.4, 0.5) is 5.69 Å². The number of likely N-dealkylation sites (tertiary alicyclic amines) is 1. The quantitative estimate of drug-likeness (QED) is 0.869. The molecule has 1 aliphatic heterocycles. The van der Waals surface area contributed by atoms with E-state index < -0.39 is 0 Å². The maximum absolute atomic E-state index is 12.2. The number of carbonyl (C=O) groups excluding carboxylic acids is 1. The van der Waals surface area contributed by atoms with Gasteiger partial charge in [0, 0.05) is 30.7 Å². The summed E-state index contributed by atoms with van der Waals surface area (Å²) in [6.07, 6.45) is 1.77. The van der Waals surface area contributed by atoms with Gasteiger partial charge in [0.2, 0.25) is 5.91 Å². The molecule has 4 nitrogen and oxygen atoms in total. The first-order chi connectivity index (χ1) is 11.2. The van der Waals surface area contributed by atoms with E-state index in [-0.39, 0.29) is 11.4 Å². The van der Waals surface area contributed by atoms with Crippen LogP contribution in [-0.2, 0) is 4.79 Å². The minimum absolute atomic E-state index is 0.0941. The lowest BCUT2D eigenvalue weighted by Gasteiger charge is -2.35. The molecule has 1 aliphatic rings. The van der Waals surface area contributed by atoms with Gasteiger partial charge in [-0.2, -0.15) is 0 Å². The number of anilines is 1. The fourth-order valence-electron chi connectivity index (χ4n) is 3.54. The first-order valence-corrected chi connectivity index (χ1v) is 8.97. The molecule has 2 rings (SSSR count). The van der Waals surface area contributed by atoms with Crippen molar-refractivity contribution in [2.75, 3.05) is 39.0 Å². The minimum atomic E-state index is 0.0941. The van der Waals surface area contributed by atoms with Crippen molar-refractivity contribution >= 4 is 11.6 Å². The van der Waals surface area contributed by atoms with E-state index >= 15 is 0 Å². The Morgan fingerprint density at radius 1 is 1.38 bits per heavy atom. The second-order valence-electron chi connectivity index (χ2n) is 7.94. The van der Waals surface area contributed by atoms with Gasteiger partial charge in [-0.05, 0) is 72.3 Å². The lowest BCUT2D eigenvalue weighted by Crippen LogP contribution is -2.44. The number of hydrogen-bond acceptors (Lipinski definition) is 3. The van der Waals surface area contributed by atoms with Crippen molar-refractivity contribution in [1.29, 1.82) is 0 Å². The smallest absolute Gasteiger partial charge is 0.225 e. The number of aryl methyl sites for hydroxylation is 2. The number of rotatable bonds is 6. The Morgan fingerprint density at radius 3 is 2.67 bits per heavy atom. The predicted octanol–water partition coefficient (Wildman–Crippen LogP) is 3.29. The summed E-state index contributed by atoms with van der Waals surface area (Å²) in [5.41, 5.74) is 3.50. The normalized spacial score (nSPS) is 20.5. The second-order valence-corrected chi connectivity index (χ2v) is 7.94. The molecule has 1 amide bonds. The van der Waals surface area contributed by atoms with Crippen molar-refractivity contribution in [3.63, 3.8) is 0 Å². The van der Waals surface area contributed by atoms with Gasteiger partial charge in [-0.3, -0.25) is 4.79 Å². The monoisotopic (exact) mass is 331 g/mol. The van der Waals surface area contributed by atoms with Crippen LogP contribution in [0, 0.1) is 19.8 Å². The Kier molecular flexibility index (Phi) is 6.05. The van der Waals surface area contributed by atoms with Gasteiger partial charge in [0.15, 0.2) is 0 Å². The molecule has 134 valence electrons. The lowest BCUT2D eigenvalue weighted by molar-refractivity contribution is -0.116. The largest absolute Gasteiger partial charge is 0.326 e. The number of nitrogens with one attached hydrogen (secondary N) is 1. The van der Waals surface area contributed by atoms with E-state index in [2.05, 4.69) is 56.0 Å². The molecule has 0 unspecified atom stereocenters. The van der Waals surface area contributed by atoms with Crippen molar-refractivity contribution in [2.24, 2.45) is 5.92 Å². The van der Waals surface area contributed by atoms with Gasteiger partial charge in [-0.1, -0.05) is 17.7 Å². The summed E-state index contributed by atoms with van der Waals surface area (Å²) in [6, 6.07) is 6.12. The van der Waals surface area contributed by atoms with Crippen molar-refractivity contribution in [2.45, 2.75) is 46.1 Å². The van der Waals surface area contributed by atoms with Crippen LogP contribution in [0.2, 0.25) is 0 Å². The molecule has 4 heteroatoms. The third-order valence-electron chi connectivity index (χ3n) is 5.70. The Bertz CT molecular complexity index is 582. The zero-order valence-electron chi connectivity index (χ0n) is 16.1. The van der Waals surface area contributed by atoms with Crippen LogP contribution in [0.15, 0.2) is 18.2 Å². The molecular formula is C20H33N3O. The van der Waals surface area contributed by atoms with E-state index in [1.54, 1.807) is 0 Å². The minimum Gasteiger partial charge on any atom is -0.326 e. The molecule has 0 bridgehead atoms. The van der Waals surface area contributed by atoms with E-state index in [9.17, 15) is 4.79 Å². The molecule has 0 aliphatic carbocycles. The fourth-order valence-corrected chi connectivity index (χ4v) is 3.54. The maximum atomic E-state index is 12.2. The van der Waals surface area contributed by atoms with Crippen molar-refractivity contribution in [1.82, 2.24) is 9.80 Å². The highest BCUT2D eigenvalue weighted by atomic mass is 16.1. The van der Waals surface area contributed by atoms with Crippen molar-refractivity contribution < 1.29 is 4.79 Å². The van der Waals surface area contributed by atoms with Crippen LogP contribution in [-0.4, -0.2) is 55.0 Å². The molecule has 1 fully saturated rings. The Hall–Kier alpha value is -1.39. The lowest BCUT2D eigenvalue weighted by atomic mass is 9.88. The van der Waals surface area contributed by atoms with Gasteiger partial charge in [0.1, 0.15) is 0 Å². The molecule has 1 heterocycles. The van der Waals surface area contributed by atoms with Crippen LogP contribution >= 0.6 is 0 Å². The van der Waals surface area contributed by atoms with Crippen molar-refractivity contribution in [3.8, 4) is 0 Å². The van der Waals surface area contributed by atoms with Crippen LogP contribution in [0.5, 0.6) is 0 Å². The zero-order valence-corrected chi connectivity index (χ0v) is 16.1. The van der Waals surface area contributed by atoms with E-state index in [0.29, 0.717) is 12.3 Å². The highest BCUT2D eigenvalue weighted by molar-refractivity contribution is 5.91. The van der Waals surface area contributed by atoms with Crippen LogP contribution in [0.25, 0.3) is 0 Å². The van der Waals surface area contributed by atoms with Gasteiger partial charge in [-0.15, -0.1) is 0 Å². The Balaban J connectivity index is 1.79. The summed E-state index contributed by atoms with van der Waals surface area (Å²) in [4.78, 5) is 17.0. The predicted molar refractivity (Wildman–Crippen MR) is 101 cm³/mol. The maximum Gasteiger partial charge on any atom is 0.225 e. The molecule has 0 radical (unpaired) electrons. The summed E-state index contributed by atoms with van der Waals surface area (Å²) in [6.45, 7) is 11.8.